The molecule has 0 bridgehead atoms. The van der Waals surface area contributed by atoms with Crippen molar-refractivity contribution in [1.82, 2.24) is 19.6 Å². The Morgan fingerprint density at radius 3 is 2.12 bits per heavy atom. The number of piperidine rings is 1. The molecule has 0 saturated carbocycles. The van der Waals surface area contributed by atoms with Crippen molar-refractivity contribution in [2.75, 3.05) is 65.4 Å². The van der Waals surface area contributed by atoms with Crippen LogP contribution in [0.25, 0.3) is 0 Å². The second-order valence-electron chi connectivity index (χ2n) is 8.25. The second-order valence-corrected chi connectivity index (χ2v) is 8.25. The molecule has 3 fully saturated rings. The van der Waals surface area contributed by atoms with Crippen molar-refractivity contribution in [3.05, 3.63) is 0 Å². The summed E-state index contributed by atoms with van der Waals surface area (Å²) in [5.41, 5.74) is 0. The van der Waals surface area contributed by atoms with Gasteiger partial charge in [0.15, 0.2) is 0 Å². The number of hydrogen-bond donors (Lipinski definition) is 0. The van der Waals surface area contributed by atoms with E-state index in [-0.39, 0.29) is 5.92 Å². The average Bonchev–Trinajstić information content (AvgIpc) is 2.55. The average molecular weight is 337 g/mol. The van der Waals surface area contributed by atoms with E-state index in [0.29, 0.717) is 11.9 Å². The van der Waals surface area contributed by atoms with Gasteiger partial charge >= 0.3 is 0 Å². The fourth-order valence-electron chi connectivity index (χ4n) is 4.41. The predicted molar refractivity (Wildman–Crippen MR) is 98.1 cm³/mol. The lowest BCUT2D eigenvalue weighted by molar-refractivity contribution is -0.142. The Kier molecular flexibility index (Phi) is 6.17. The van der Waals surface area contributed by atoms with E-state index in [4.69, 9.17) is 0 Å². The molecule has 0 aliphatic carbocycles. The van der Waals surface area contributed by atoms with Crippen molar-refractivity contribution >= 4 is 5.91 Å². The number of likely N-dealkylation sites (tertiary alicyclic amines) is 2. The number of nitrogens with zero attached hydrogens (tertiary/aromatic N) is 4. The van der Waals surface area contributed by atoms with Gasteiger partial charge in [-0.2, -0.15) is 0 Å². The molecule has 0 atom stereocenters. The minimum absolute atomic E-state index is 0.275. The van der Waals surface area contributed by atoms with Crippen LogP contribution in [-0.2, 0) is 4.79 Å². The van der Waals surface area contributed by atoms with Crippen molar-refractivity contribution in [2.24, 2.45) is 11.8 Å². The number of carbonyl (C=O) groups excluding carboxylic acids is 1. The van der Waals surface area contributed by atoms with Crippen molar-refractivity contribution in [1.29, 1.82) is 0 Å². The van der Waals surface area contributed by atoms with Crippen LogP contribution in [0.2, 0.25) is 0 Å². The highest BCUT2D eigenvalue weighted by Gasteiger charge is 2.35. The standard InChI is InChI=1S/C19H36N4O/c1-4-20-14-18(15-20)19(24)23-11-9-21(10-12-23)13-17-5-7-22(8-6-17)16(2)3/h16-18H,4-15H2,1-3H3. The highest BCUT2D eigenvalue weighted by Crippen LogP contribution is 2.22. The van der Waals surface area contributed by atoms with Crippen LogP contribution in [0.4, 0.5) is 0 Å². The molecular weight excluding hydrogens is 300 g/mol. The Labute approximate surface area is 147 Å². The molecule has 0 aromatic rings. The molecule has 0 spiro atoms. The predicted octanol–water partition coefficient (Wildman–Crippen LogP) is 1.20. The molecule has 0 unspecified atom stereocenters. The van der Waals surface area contributed by atoms with Crippen LogP contribution in [0, 0.1) is 11.8 Å². The minimum Gasteiger partial charge on any atom is -0.340 e. The Hall–Kier alpha value is -0.650. The summed E-state index contributed by atoms with van der Waals surface area (Å²) in [6.45, 7) is 17.6. The zero-order valence-corrected chi connectivity index (χ0v) is 15.9. The van der Waals surface area contributed by atoms with E-state index in [1.54, 1.807) is 0 Å². The van der Waals surface area contributed by atoms with Crippen LogP contribution >= 0.6 is 0 Å². The van der Waals surface area contributed by atoms with Gasteiger partial charge in [-0.25, -0.2) is 0 Å². The topological polar surface area (TPSA) is 30.0 Å². The van der Waals surface area contributed by atoms with E-state index in [1.165, 1.54) is 32.5 Å². The first-order valence-electron chi connectivity index (χ1n) is 10.0. The molecule has 0 aromatic carbocycles. The maximum absolute atomic E-state index is 12.5. The fraction of sp³-hybridized carbons (Fsp3) is 0.947. The minimum atomic E-state index is 0.275. The van der Waals surface area contributed by atoms with Crippen LogP contribution in [0.3, 0.4) is 0 Å². The summed E-state index contributed by atoms with van der Waals surface area (Å²) in [7, 11) is 0. The Morgan fingerprint density at radius 2 is 1.58 bits per heavy atom. The molecule has 3 aliphatic rings. The molecule has 0 radical (unpaired) electrons. The molecule has 3 heterocycles. The van der Waals surface area contributed by atoms with Gasteiger partial charge in [-0.05, 0) is 52.2 Å². The van der Waals surface area contributed by atoms with Crippen molar-refractivity contribution in [3.8, 4) is 0 Å². The third kappa shape index (κ3) is 4.30. The van der Waals surface area contributed by atoms with Gasteiger partial charge in [0, 0.05) is 51.9 Å². The SMILES string of the molecule is CCN1CC(C(=O)N2CCN(CC3CCN(C(C)C)CC3)CC2)C1. The van der Waals surface area contributed by atoms with Gasteiger partial charge in [-0.15, -0.1) is 0 Å². The summed E-state index contributed by atoms with van der Waals surface area (Å²) >= 11 is 0. The summed E-state index contributed by atoms with van der Waals surface area (Å²) in [5.74, 6) is 1.54. The molecular formula is C19H36N4O. The van der Waals surface area contributed by atoms with Crippen LogP contribution in [0.5, 0.6) is 0 Å². The summed E-state index contributed by atoms with van der Waals surface area (Å²) in [6.07, 6.45) is 2.68. The molecule has 138 valence electrons. The number of rotatable bonds is 5. The maximum atomic E-state index is 12.5. The number of piperazine rings is 1. The summed E-state index contributed by atoms with van der Waals surface area (Å²) in [4.78, 5) is 22.2. The van der Waals surface area contributed by atoms with Gasteiger partial charge in [0.2, 0.25) is 5.91 Å². The van der Waals surface area contributed by atoms with Crippen molar-refractivity contribution in [3.63, 3.8) is 0 Å². The molecule has 24 heavy (non-hydrogen) atoms. The van der Waals surface area contributed by atoms with Crippen molar-refractivity contribution < 1.29 is 4.79 Å². The molecule has 3 aliphatic heterocycles. The first-order chi connectivity index (χ1) is 11.6. The molecule has 1 amide bonds. The monoisotopic (exact) mass is 336 g/mol. The lowest BCUT2D eigenvalue weighted by Gasteiger charge is -2.43. The summed E-state index contributed by atoms with van der Waals surface area (Å²) in [6, 6.07) is 0.690. The fourth-order valence-corrected chi connectivity index (χ4v) is 4.41. The highest BCUT2D eigenvalue weighted by molar-refractivity contribution is 5.80. The van der Waals surface area contributed by atoms with E-state index < -0.39 is 0 Å². The molecule has 3 rings (SSSR count). The van der Waals surface area contributed by atoms with Crippen LogP contribution in [-0.4, -0.2) is 97.0 Å². The zero-order valence-electron chi connectivity index (χ0n) is 15.9. The van der Waals surface area contributed by atoms with Gasteiger partial charge in [0.1, 0.15) is 0 Å². The third-order valence-electron chi connectivity index (χ3n) is 6.33. The van der Waals surface area contributed by atoms with Crippen LogP contribution < -0.4 is 0 Å². The first-order valence-corrected chi connectivity index (χ1v) is 10.0. The van der Waals surface area contributed by atoms with E-state index in [2.05, 4.69) is 40.4 Å². The summed E-state index contributed by atoms with van der Waals surface area (Å²) < 4.78 is 0. The zero-order chi connectivity index (χ0) is 17.1. The van der Waals surface area contributed by atoms with Gasteiger partial charge in [0.25, 0.3) is 0 Å². The number of carbonyl (C=O) groups is 1. The quantitative estimate of drug-likeness (QED) is 0.755. The highest BCUT2D eigenvalue weighted by atomic mass is 16.2. The van der Waals surface area contributed by atoms with Gasteiger partial charge in [0.05, 0.1) is 5.92 Å². The third-order valence-corrected chi connectivity index (χ3v) is 6.33. The van der Waals surface area contributed by atoms with Gasteiger partial charge < -0.3 is 14.7 Å². The maximum Gasteiger partial charge on any atom is 0.228 e. The van der Waals surface area contributed by atoms with Crippen LogP contribution in [0.1, 0.15) is 33.6 Å². The van der Waals surface area contributed by atoms with Crippen molar-refractivity contribution in [2.45, 2.75) is 39.7 Å². The Balaban J connectivity index is 1.35. The molecule has 5 heteroatoms. The Morgan fingerprint density at radius 1 is 0.958 bits per heavy atom. The largest absolute Gasteiger partial charge is 0.340 e. The summed E-state index contributed by atoms with van der Waals surface area (Å²) in [5, 5.41) is 0. The van der Waals surface area contributed by atoms with Gasteiger partial charge in [-0.1, -0.05) is 6.92 Å². The molecule has 0 aromatic heterocycles. The number of amides is 1. The second kappa shape index (κ2) is 8.15. The lowest BCUT2D eigenvalue weighted by Crippen LogP contribution is -2.58. The van der Waals surface area contributed by atoms with E-state index in [9.17, 15) is 4.79 Å². The first kappa shape index (κ1) is 18.2. The van der Waals surface area contributed by atoms with Gasteiger partial charge in [-0.3, -0.25) is 9.69 Å². The smallest absolute Gasteiger partial charge is 0.228 e. The normalized spacial score (nSPS) is 26.1. The van der Waals surface area contributed by atoms with E-state index >= 15 is 0 Å². The lowest BCUT2D eigenvalue weighted by atomic mass is 9.95. The van der Waals surface area contributed by atoms with E-state index in [0.717, 1.165) is 51.7 Å². The molecule has 3 saturated heterocycles. The molecule has 0 N–H and O–H groups in total. The number of hydrogen-bond acceptors (Lipinski definition) is 4. The molecule has 5 nitrogen and oxygen atoms in total. The van der Waals surface area contributed by atoms with Crippen LogP contribution in [0.15, 0.2) is 0 Å². The Bertz CT molecular complexity index is 406. The van der Waals surface area contributed by atoms with E-state index in [1.807, 2.05) is 0 Å².